The normalized spacial score (nSPS) is 11.6. The van der Waals surface area contributed by atoms with Crippen molar-refractivity contribution in [2.75, 3.05) is 4.90 Å². The van der Waals surface area contributed by atoms with E-state index in [9.17, 15) is 0 Å². The van der Waals surface area contributed by atoms with Crippen LogP contribution in [0.3, 0.4) is 0 Å². The highest BCUT2D eigenvalue weighted by atomic mass is 16.3. The van der Waals surface area contributed by atoms with E-state index < -0.39 is 0 Å². The van der Waals surface area contributed by atoms with Crippen molar-refractivity contribution in [3.8, 4) is 33.4 Å². The van der Waals surface area contributed by atoms with Crippen LogP contribution in [0, 0.1) is 0 Å². The Balaban J connectivity index is 1.01. The summed E-state index contributed by atoms with van der Waals surface area (Å²) < 4.78 is 12.7. The van der Waals surface area contributed by atoms with Gasteiger partial charge in [0.05, 0.1) is 5.69 Å². The Hall–Kier alpha value is -7.36. The summed E-state index contributed by atoms with van der Waals surface area (Å²) in [5, 5.41) is 6.84. The number of hydrogen-bond donors (Lipinski definition) is 0. The predicted molar refractivity (Wildman–Crippen MR) is 229 cm³/mol. The molecule has 0 amide bonds. The minimum absolute atomic E-state index is 0.860. The van der Waals surface area contributed by atoms with Crippen molar-refractivity contribution in [3.05, 3.63) is 200 Å². The molecule has 0 spiro atoms. The molecule has 2 aromatic heterocycles. The van der Waals surface area contributed by atoms with Crippen LogP contribution in [0.1, 0.15) is 0 Å². The topological polar surface area (TPSA) is 29.5 Å². The number of para-hydroxylation sites is 2. The molecule has 0 atom stereocenters. The first-order valence-corrected chi connectivity index (χ1v) is 18.7. The zero-order valence-corrected chi connectivity index (χ0v) is 29.8. The van der Waals surface area contributed by atoms with Crippen LogP contribution in [0.4, 0.5) is 17.1 Å². The molecule has 55 heavy (non-hydrogen) atoms. The molecule has 0 saturated carbocycles. The van der Waals surface area contributed by atoms with Gasteiger partial charge in [-0.25, -0.2) is 0 Å². The number of furan rings is 2. The Morgan fingerprint density at radius 1 is 0.309 bits per heavy atom. The van der Waals surface area contributed by atoms with Gasteiger partial charge in [0.1, 0.15) is 22.3 Å². The molecular formula is C52H33NO2. The number of nitrogens with zero attached hydrogens (tertiary/aromatic N) is 1. The highest BCUT2D eigenvalue weighted by molar-refractivity contribution is 6.25. The minimum Gasteiger partial charge on any atom is -0.456 e. The van der Waals surface area contributed by atoms with E-state index in [0.717, 1.165) is 72.1 Å². The Labute approximate surface area is 317 Å². The van der Waals surface area contributed by atoms with E-state index >= 15 is 0 Å². The fourth-order valence-corrected chi connectivity index (χ4v) is 8.19. The van der Waals surface area contributed by atoms with E-state index in [1.54, 1.807) is 0 Å². The molecule has 0 N–H and O–H groups in total. The molecular weight excluding hydrogens is 671 g/mol. The van der Waals surface area contributed by atoms with Crippen LogP contribution < -0.4 is 4.90 Å². The zero-order valence-electron chi connectivity index (χ0n) is 29.8. The van der Waals surface area contributed by atoms with Gasteiger partial charge in [-0.1, -0.05) is 133 Å². The van der Waals surface area contributed by atoms with Gasteiger partial charge >= 0.3 is 0 Å². The van der Waals surface area contributed by atoms with Crippen molar-refractivity contribution in [3.63, 3.8) is 0 Å². The Bertz CT molecular complexity index is 3190. The quantitative estimate of drug-likeness (QED) is 0.173. The second-order valence-electron chi connectivity index (χ2n) is 14.1. The number of anilines is 3. The summed E-state index contributed by atoms with van der Waals surface area (Å²) in [6.07, 6.45) is 0. The molecule has 3 nitrogen and oxygen atoms in total. The monoisotopic (exact) mass is 703 g/mol. The van der Waals surface area contributed by atoms with Gasteiger partial charge in [0.15, 0.2) is 0 Å². The highest BCUT2D eigenvalue weighted by Gasteiger charge is 2.19. The van der Waals surface area contributed by atoms with E-state index in [1.807, 2.05) is 24.3 Å². The van der Waals surface area contributed by atoms with Crippen LogP contribution in [0.5, 0.6) is 0 Å². The number of rotatable bonds is 6. The van der Waals surface area contributed by atoms with Crippen LogP contribution in [0.2, 0.25) is 0 Å². The van der Waals surface area contributed by atoms with Gasteiger partial charge in [-0.05, 0) is 105 Å². The fourth-order valence-electron chi connectivity index (χ4n) is 8.19. The number of fused-ring (bicyclic) bond motifs is 8. The molecule has 11 aromatic rings. The SMILES string of the molecule is c1ccc(-c2ccc(N(c3ccc(-c4ccc5c(c4)oc4ccc6oc7ccccc7c6c45)cc3)c3ccccc3-c3ccc4ccccc4c3)cc2)cc1. The lowest BCUT2D eigenvalue weighted by Crippen LogP contribution is -2.11. The van der Waals surface area contributed by atoms with Gasteiger partial charge in [0.2, 0.25) is 0 Å². The largest absolute Gasteiger partial charge is 0.456 e. The summed E-state index contributed by atoms with van der Waals surface area (Å²) in [6, 6.07) is 71.1. The first kappa shape index (κ1) is 31.2. The molecule has 0 aliphatic rings. The molecule has 11 rings (SSSR count). The summed E-state index contributed by atoms with van der Waals surface area (Å²) >= 11 is 0. The maximum absolute atomic E-state index is 6.49. The maximum atomic E-state index is 6.49. The van der Waals surface area contributed by atoms with Crippen LogP contribution in [-0.4, -0.2) is 0 Å². The summed E-state index contributed by atoms with van der Waals surface area (Å²) in [5.41, 5.74) is 13.7. The van der Waals surface area contributed by atoms with Crippen molar-refractivity contribution in [1.82, 2.24) is 0 Å². The lowest BCUT2D eigenvalue weighted by atomic mass is 9.98. The lowest BCUT2D eigenvalue weighted by molar-refractivity contribution is 0.663. The molecule has 2 heterocycles. The summed E-state index contributed by atoms with van der Waals surface area (Å²) in [5.74, 6) is 0. The average molecular weight is 704 g/mol. The minimum atomic E-state index is 0.860. The van der Waals surface area contributed by atoms with Gasteiger partial charge in [-0.2, -0.15) is 0 Å². The van der Waals surface area contributed by atoms with Crippen LogP contribution in [0.25, 0.3) is 88.0 Å². The smallest absolute Gasteiger partial charge is 0.136 e. The van der Waals surface area contributed by atoms with Crippen LogP contribution in [-0.2, 0) is 0 Å². The second-order valence-corrected chi connectivity index (χ2v) is 14.1. The van der Waals surface area contributed by atoms with Crippen molar-refractivity contribution in [2.24, 2.45) is 0 Å². The Kier molecular flexibility index (Phi) is 7.17. The lowest BCUT2D eigenvalue weighted by Gasteiger charge is -2.28. The van der Waals surface area contributed by atoms with E-state index in [0.29, 0.717) is 0 Å². The molecule has 0 aliphatic heterocycles. The Morgan fingerprint density at radius 2 is 0.855 bits per heavy atom. The average Bonchev–Trinajstić information content (AvgIpc) is 3.82. The second kappa shape index (κ2) is 12.6. The summed E-state index contributed by atoms with van der Waals surface area (Å²) in [6.45, 7) is 0. The first-order chi connectivity index (χ1) is 27.2. The van der Waals surface area contributed by atoms with Crippen molar-refractivity contribution in [2.45, 2.75) is 0 Å². The van der Waals surface area contributed by atoms with Gasteiger partial charge in [0.25, 0.3) is 0 Å². The van der Waals surface area contributed by atoms with Crippen LogP contribution >= 0.6 is 0 Å². The molecule has 0 fully saturated rings. The third-order valence-corrected chi connectivity index (χ3v) is 10.9. The van der Waals surface area contributed by atoms with Gasteiger partial charge in [-0.15, -0.1) is 0 Å². The zero-order chi connectivity index (χ0) is 36.3. The first-order valence-electron chi connectivity index (χ1n) is 18.7. The van der Waals surface area contributed by atoms with E-state index in [1.165, 1.54) is 33.0 Å². The molecule has 3 heteroatoms. The molecule has 0 radical (unpaired) electrons. The van der Waals surface area contributed by atoms with E-state index in [4.69, 9.17) is 8.83 Å². The predicted octanol–water partition coefficient (Wildman–Crippen LogP) is 15.1. The summed E-state index contributed by atoms with van der Waals surface area (Å²) in [7, 11) is 0. The molecule has 9 aromatic carbocycles. The van der Waals surface area contributed by atoms with Gasteiger partial charge < -0.3 is 13.7 Å². The molecule has 0 bridgehead atoms. The molecule has 0 unspecified atom stereocenters. The van der Waals surface area contributed by atoms with E-state index in [2.05, 4.69) is 181 Å². The summed E-state index contributed by atoms with van der Waals surface area (Å²) in [4.78, 5) is 2.37. The third kappa shape index (κ3) is 5.28. The van der Waals surface area contributed by atoms with E-state index in [-0.39, 0.29) is 0 Å². The maximum Gasteiger partial charge on any atom is 0.136 e. The van der Waals surface area contributed by atoms with Crippen molar-refractivity contribution < 1.29 is 8.83 Å². The van der Waals surface area contributed by atoms with Gasteiger partial charge in [-0.3, -0.25) is 0 Å². The third-order valence-electron chi connectivity index (χ3n) is 10.9. The van der Waals surface area contributed by atoms with Crippen molar-refractivity contribution in [1.29, 1.82) is 0 Å². The standard InChI is InChI=1S/C52H33NO2/c1-2-10-34(11-3-1)36-20-25-41(26-21-36)53(46-16-8-6-14-43(46)40-19-18-35-12-4-5-13-38(35)32-40)42-27-22-37(23-28-42)39-24-29-45-50(33-39)55-49-31-30-48-51(52(45)49)44-15-7-9-17-47(44)54-48/h1-33H. The molecule has 0 saturated heterocycles. The van der Waals surface area contributed by atoms with Gasteiger partial charge in [0, 0.05) is 38.5 Å². The number of benzene rings is 9. The molecule has 258 valence electrons. The number of hydrogen-bond acceptors (Lipinski definition) is 3. The highest BCUT2D eigenvalue weighted by Crippen LogP contribution is 2.44. The fraction of sp³-hybridized carbons (Fsp3) is 0. The van der Waals surface area contributed by atoms with Crippen LogP contribution in [0.15, 0.2) is 209 Å². The Morgan fingerprint density at radius 3 is 1.62 bits per heavy atom. The van der Waals surface area contributed by atoms with Crippen molar-refractivity contribution >= 4 is 71.7 Å². The molecule has 0 aliphatic carbocycles.